The molecule has 0 heterocycles. The molecule has 0 radical (unpaired) electrons. The molecule has 1 spiro atoms. The summed E-state index contributed by atoms with van der Waals surface area (Å²) >= 11 is 0. The van der Waals surface area contributed by atoms with Gasteiger partial charge in [0.2, 0.25) is 0 Å². The Morgan fingerprint density at radius 3 is 2.23 bits per heavy atom. The van der Waals surface area contributed by atoms with Gasteiger partial charge in [0, 0.05) is 23.2 Å². The summed E-state index contributed by atoms with van der Waals surface area (Å²) in [6, 6.07) is 15.0. The van der Waals surface area contributed by atoms with E-state index in [2.05, 4.69) is 54.6 Å². The van der Waals surface area contributed by atoms with E-state index >= 15 is 0 Å². The van der Waals surface area contributed by atoms with Crippen LogP contribution < -0.4 is 5.22 Å². The maximum atomic E-state index is 2.91. The lowest BCUT2D eigenvalue weighted by Crippen LogP contribution is -2.40. The zero-order valence-corrected chi connectivity index (χ0v) is 25.6. The van der Waals surface area contributed by atoms with Gasteiger partial charge in [-0.2, -0.15) is 0 Å². The van der Waals surface area contributed by atoms with Gasteiger partial charge in [-0.25, -0.2) is 0 Å². The van der Waals surface area contributed by atoms with Crippen LogP contribution in [0.5, 0.6) is 0 Å². The lowest BCUT2D eigenvalue weighted by atomic mass is 9.56. The zero-order valence-electron chi connectivity index (χ0n) is 25.6. The SMILES string of the molecule is C1=C2CC3C=C4Cc5cc6c7c8c9c%10c%11c(c4c5c7%10)C3c3c2c2c4c5c(cc7c(c5c9c4c3%11)C8C(C=7)C6)C3Cc4ccccc4CC123. The Balaban J connectivity index is 1.25. The predicted molar refractivity (Wildman–Crippen MR) is 190 cm³/mol. The van der Waals surface area contributed by atoms with Crippen LogP contribution >= 0.6 is 0 Å². The summed E-state index contributed by atoms with van der Waals surface area (Å²) in [4.78, 5) is 0. The third kappa shape index (κ3) is 1.53. The monoisotopic (exact) mass is 588 g/mol. The molecule has 6 unspecified atom stereocenters. The van der Waals surface area contributed by atoms with Crippen molar-refractivity contribution in [3.63, 3.8) is 0 Å². The van der Waals surface area contributed by atoms with Crippen LogP contribution in [0.25, 0.3) is 81.9 Å². The highest BCUT2D eigenvalue weighted by atomic mass is 14.6. The summed E-state index contributed by atoms with van der Waals surface area (Å²) in [5, 5.41) is 22.1. The summed E-state index contributed by atoms with van der Waals surface area (Å²) < 4.78 is 0. The Bertz CT molecular complexity index is 3340. The topological polar surface area (TPSA) is 0 Å². The highest BCUT2D eigenvalue weighted by Gasteiger charge is 2.59. The first-order valence-electron chi connectivity index (χ1n) is 18.4. The molecular formula is C47H24. The van der Waals surface area contributed by atoms with Gasteiger partial charge >= 0.3 is 0 Å². The molecule has 8 aromatic carbocycles. The minimum absolute atomic E-state index is 0.0775. The van der Waals surface area contributed by atoms with Crippen molar-refractivity contribution >= 4 is 81.9 Å². The summed E-state index contributed by atoms with van der Waals surface area (Å²) in [5.74, 6) is 2.81. The lowest BCUT2D eigenvalue weighted by Gasteiger charge is -2.46. The van der Waals surface area contributed by atoms with Crippen LogP contribution in [0, 0.1) is 11.8 Å². The molecule has 10 aliphatic rings. The Kier molecular flexibility index (Phi) is 2.37. The molecule has 18 rings (SSSR count). The molecule has 0 heteroatoms. The van der Waals surface area contributed by atoms with Crippen molar-refractivity contribution in [2.75, 3.05) is 0 Å². The predicted octanol–water partition coefficient (Wildman–Crippen LogP) is 9.56. The maximum Gasteiger partial charge on any atom is 0.0263 e. The van der Waals surface area contributed by atoms with Crippen molar-refractivity contribution in [3.8, 4) is 0 Å². The van der Waals surface area contributed by atoms with Crippen LogP contribution in [-0.4, -0.2) is 0 Å². The zero-order chi connectivity index (χ0) is 28.9. The molecule has 47 heavy (non-hydrogen) atoms. The van der Waals surface area contributed by atoms with Crippen LogP contribution in [0.1, 0.15) is 90.9 Å². The van der Waals surface area contributed by atoms with E-state index in [0.29, 0.717) is 29.6 Å². The molecule has 0 bridgehead atoms. The fraction of sp³-hybridized carbons (Fsp3) is 0.234. The Morgan fingerprint density at radius 1 is 0.532 bits per heavy atom. The Hall–Kier alpha value is -4.68. The van der Waals surface area contributed by atoms with Crippen molar-refractivity contribution in [1.82, 2.24) is 0 Å². The average molecular weight is 589 g/mol. The molecule has 0 fully saturated rings. The Labute approximate surface area is 268 Å². The first-order valence-corrected chi connectivity index (χ1v) is 18.4. The molecule has 8 aromatic rings. The van der Waals surface area contributed by atoms with E-state index in [1.807, 2.05) is 0 Å². The van der Waals surface area contributed by atoms with Gasteiger partial charge in [0.15, 0.2) is 0 Å². The van der Waals surface area contributed by atoms with E-state index in [1.54, 1.807) is 148 Å². The van der Waals surface area contributed by atoms with Crippen LogP contribution in [0.3, 0.4) is 0 Å². The molecule has 0 N–H and O–H groups in total. The number of benzene rings is 6. The van der Waals surface area contributed by atoms with E-state index < -0.39 is 0 Å². The minimum Gasteiger partial charge on any atom is -0.0760 e. The molecule has 10 aliphatic carbocycles. The van der Waals surface area contributed by atoms with Crippen LogP contribution in [0.2, 0.25) is 0 Å². The van der Waals surface area contributed by atoms with Crippen LogP contribution in [0.4, 0.5) is 0 Å². The van der Waals surface area contributed by atoms with Gasteiger partial charge in [0.1, 0.15) is 0 Å². The van der Waals surface area contributed by atoms with Crippen molar-refractivity contribution in [2.45, 2.75) is 55.3 Å². The van der Waals surface area contributed by atoms with Gasteiger partial charge in [-0.05, 0) is 192 Å². The van der Waals surface area contributed by atoms with E-state index in [1.165, 1.54) is 19.3 Å². The molecule has 0 amide bonds. The van der Waals surface area contributed by atoms with Gasteiger partial charge in [-0.3, -0.25) is 0 Å². The summed E-state index contributed by atoms with van der Waals surface area (Å²) in [5.41, 5.74) is 24.0. The van der Waals surface area contributed by atoms with Crippen molar-refractivity contribution < 1.29 is 0 Å². The van der Waals surface area contributed by atoms with E-state index in [4.69, 9.17) is 0 Å². The average Bonchev–Trinajstić information content (AvgIpc) is 3.90. The van der Waals surface area contributed by atoms with Crippen molar-refractivity contribution in [2.24, 2.45) is 11.8 Å². The smallest absolute Gasteiger partial charge is 0.0263 e. The third-order valence-corrected chi connectivity index (χ3v) is 16.6. The number of allylic oxidation sites excluding steroid dienone is 4. The molecular weight excluding hydrogens is 565 g/mol. The van der Waals surface area contributed by atoms with Gasteiger partial charge in [0.05, 0.1) is 0 Å². The highest BCUT2D eigenvalue weighted by Crippen LogP contribution is 2.75. The fourth-order valence-electron chi connectivity index (χ4n) is 15.8. The standard InChI is InChI=1S/C47H24/c1-2-4-16-13-47-14-23-10-21-8-18-5-17-6-20-7-19-9-22-11-24(25(47)12-15(16)3-1)33-38-29(22)28(19)35-30(20)34-26(17)27(18)36-31(21)37-32(23)46(47)45(33)44-42(37)40(36)39(34)41(35)43(38)44/h1-4,6,8-9,11,14,19,21,25,28,31H,5,7,10,12-13H2. The largest absolute Gasteiger partial charge is 0.0760 e. The molecule has 212 valence electrons. The molecule has 0 saturated carbocycles. The number of hydrogen-bond donors (Lipinski definition) is 0. The number of fused-ring (bicyclic) bond motifs is 2. The van der Waals surface area contributed by atoms with E-state index in [9.17, 15) is 0 Å². The normalized spacial score (nSPS) is 31.3. The quantitative estimate of drug-likeness (QED) is 0.155. The minimum atomic E-state index is 0.0775. The van der Waals surface area contributed by atoms with Crippen molar-refractivity contribution in [3.05, 3.63) is 121 Å². The number of hydrogen-bond acceptors (Lipinski definition) is 0. The molecule has 6 atom stereocenters. The van der Waals surface area contributed by atoms with Crippen molar-refractivity contribution in [1.29, 1.82) is 0 Å². The Morgan fingerprint density at radius 2 is 1.30 bits per heavy atom. The van der Waals surface area contributed by atoms with E-state index in [-0.39, 0.29) is 5.41 Å². The van der Waals surface area contributed by atoms with Gasteiger partial charge in [0.25, 0.3) is 0 Å². The van der Waals surface area contributed by atoms with Crippen LogP contribution in [0.15, 0.2) is 48.6 Å². The molecule has 0 nitrogen and oxygen atoms in total. The second kappa shape index (κ2) is 5.42. The van der Waals surface area contributed by atoms with Gasteiger partial charge in [-0.1, -0.05) is 54.6 Å². The number of rotatable bonds is 0. The highest BCUT2D eigenvalue weighted by molar-refractivity contribution is 6.51. The summed E-state index contributed by atoms with van der Waals surface area (Å²) in [6.45, 7) is 0. The maximum absolute atomic E-state index is 2.91. The summed E-state index contributed by atoms with van der Waals surface area (Å²) in [6.07, 6.45) is 14.4. The van der Waals surface area contributed by atoms with Gasteiger partial charge < -0.3 is 0 Å². The first kappa shape index (κ1) is 20.5. The summed E-state index contributed by atoms with van der Waals surface area (Å²) in [7, 11) is 0. The third-order valence-electron chi connectivity index (χ3n) is 16.6. The fourth-order valence-corrected chi connectivity index (χ4v) is 15.8. The molecule has 0 aliphatic heterocycles. The first-order chi connectivity index (χ1) is 23.3. The van der Waals surface area contributed by atoms with Crippen LogP contribution in [-0.2, 0) is 31.1 Å². The van der Waals surface area contributed by atoms with E-state index in [0.717, 1.165) is 12.8 Å². The van der Waals surface area contributed by atoms with Gasteiger partial charge in [-0.15, -0.1) is 0 Å². The lowest BCUT2D eigenvalue weighted by molar-refractivity contribution is 0.400. The molecule has 0 aromatic heterocycles. The second-order valence-electron chi connectivity index (χ2n) is 17.7. The molecule has 0 saturated heterocycles. The second-order valence-corrected chi connectivity index (χ2v) is 17.7.